The number of nitrogens with zero attached hydrogens (tertiary/aromatic N) is 6. The van der Waals surface area contributed by atoms with Gasteiger partial charge in [0.25, 0.3) is 0 Å². The predicted octanol–water partition coefficient (Wildman–Crippen LogP) is 5.12. The molecule has 0 spiro atoms. The second-order valence-corrected chi connectivity index (χ2v) is 9.84. The highest BCUT2D eigenvalue weighted by molar-refractivity contribution is 5.42. The van der Waals surface area contributed by atoms with Crippen molar-refractivity contribution < 1.29 is 0 Å². The zero-order valence-electron chi connectivity index (χ0n) is 20.7. The fourth-order valence-electron chi connectivity index (χ4n) is 5.34. The lowest BCUT2D eigenvalue weighted by molar-refractivity contribution is 0.177. The maximum absolute atomic E-state index is 4.83. The van der Waals surface area contributed by atoms with E-state index in [-0.39, 0.29) is 0 Å². The van der Waals surface area contributed by atoms with Crippen molar-refractivity contribution in [1.29, 1.82) is 0 Å². The smallest absolute Gasteiger partial charge is 0.174 e. The number of piperidine rings is 1. The summed E-state index contributed by atoms with van der Waals surface area (Å²) in [4.78, 5) is 7.04. The summed E-state index contributed by atoms with van der Waals surface area (Å²) in [7, 11) is 0. The monoisotopic (exact) mass is 456 g/mol. The molecule has 1 fully saturated rings. The van der Waals surface area contributed by atoms with E-state index in [2.05, 4.69) is 54.1 Å². The zero-order chi connectivity index (χ0) is 23.5. The number of likely N-dealkylation sites (tertiary alicyclic amines) is 1. The Balaban J connectivity index is 1.13. The van der Waals surface area contributed by atoms with Crippen LogP contribution in [0.25, 0.3) is 11.5 Å². The number of aromatic nitrogens is 5. The van der Waals surface area contributed by atoms with Crippen molar-refractivity contribution in [1.82, 2.24) is 29.3 Å². The standard InChI is InChI=1S/C28H36N6/c1-21-20-29-27-13-14-28(31-33(21)27)34-23(3)26(22(2)30-34)10-7-17-32-18-15-25(16-19-32)12-11-24-8-5-4-6-9-24/h4-6,8-9,13-14,20,25H,7,10-12,15-19H2,1-3H3. The molecule has 0 bridgehead atoms. The SMILES string of the molecule is Cc1nn(-c2ccc3ncc(C)n3n2)c(C)c1CCCN1CCC(CCc2ccccc2)CC1. The van der Waals surface area contributed by atoms with E-state index in [1.54, 1.807) is 0 Å². The van der Waals surface area contributed by atoms with Crippen LogP contribution < -0.4 is 0 Å². The number of imidazole rings is 1. The molecule has 4 heterocycles. The average Bonchev–Trinajstić information content (AvgIpc) is 3.38. The second kappa shape index (κ2) is 10.1. The summed E-state index contributed by atoms with van der Waals surface area (Å²) >= 11 is 0. The van der Waals surface area contributed by atoms with Crippen LogP contribution in [0.3, 0.4) is 0 Å². The van der Waals surface area contributed by atoms with E-state index in [0.717, 1.165) is 35.2 Å². The third-order valence-electron chi connectivity index (χ3n) is 7.47. The van der Waals surface area contributed by atoms with Crippen LogP contribution >= 0.6 is 0 Å². The first-order valence-corrected chi connectivity index (χ1v) is 12.7. The number of rotatable bonds is 8. The molecular formula is C28H36N6. The van der Waals surface area contributed by atoms with Gasteiger partial charge in [-0.15, -0.1) is 5.10 Å². The van der Waals surface area contributed by atoms with Gasteiger partial charge in [0, 0.05) is 5.69 Å². The highest BCUT2D eigenvalue weighted by Gasteiger charge is 2.20. The number of aryl methyl sites for hydroxylation is 3. The lowest BCUT2D eigenvalue weighted by Gasteiger charge is -2.32. The summed E-state index contributed by atoms with van der Waals surface area (Å²) in [6.07, 6.45) is 9.32. The third-order valence-corrected chi connectivity index (χ3v) is 7.47. The van der Waals surface area contributed by atoms with Gasteiger partial charge in [-0.3, -0.25) is 0 Å². The van der Waals surface area contributed by atoms with Crippen molar-refractivity contribution in [2.75, 3.05) is 19.6 Å². The van der Waals surface area contributed by atoms with Gasteiger partial charge in [0.1, 0.15) is 0 Å². The molecule has 1 aliphatic rings. The molecule has 0 atom stereocenters. The highest BCUT2D eigenvalue weighted by atomic mass is 15.4. The van der Waals surface area contributed by atoms with Gasteiger partial charge < -0.3 is 4.90 Å². The molecule has 4 aromatic rings. The lowest BCUT2D eigenvalue weighted by atomic mass is 9.90. The molecule has 6 nitrogen and oxygen atoms in total. The molecule has 5 rings (SSSR count). The summed E-state index contributed by atoms with van der Waals surface area (Å²) < 4.78 is 3.87. The number of benzene rings is 1. The first-order chi connectivity index (χ1) is 16.6. The van der Waals surface area contributed by atoms with Gasteiger partial charge in [-0.05, 0) is 108 Å². The summed E-state index contributed by atoms with van der Waals surface area (Å²) in [5.74, 6) is 1.72. The van der Waals surface area contributed by atoms with E-state index in [1.165, 1.54) is 68.6 Å². The van der Waals surface area contributed by atoms with Crippen molar-refractivity contribution in [3.05, 3.63) is 76.9 Å². The molecule has 178 valence electrons. The van der Waals surface area contributed by atoms with Gasteiger partial charge in [-0.25, -0.2) is 14.2 Å². The highest BCUT2D eigenvalue weighted by Crippen LogP contribution is 2.24. The van der Waals surface area contributed by atoms with Crippen LogP contribution in [-0.4, -0.2) is 48.9 Å². The molecule has 1 saturated heterocycles. The van der Waals surface area contributed by atoms with Crippen molar-refractivity contribution in [2.45, 2.75) is 59.3 Å². The Morgan fingerprint density at radius 1 is 0.912 bits per heavy atom. The molecule has 1 aromatic carbocycles. The summed E-state index contributed by atoms with van der Waals surface area (Å²) in [5, 5.41) is 9.59. The number of hydrogen-bond donors (Lipinski definition) is 0. The van der Waals surface area contributed by atoms with E-state index in [1.807, 2.05) is 34.5 Å². The number of hydrogen-bond acceptors (Lipinski definition) is 4. The van der Waals surface area contributed by atoms with Crippen LogP contribution in [0.1, 0.15) is 53.9 Å². The Hall–Kier alpha value is -2.99. The Labute approximate surface area is 202 Å². The van der Waals surface area contributed by atoms with Crippen LogP contribution in [0.4, 0.5) is 0 Å². The topological polar surface area (TPSA) is 51.3 Å². The summed E-state index contributed by atoms with van der Waals surface area (Å²) in [6, 6.07) is 14.9. The van der Waals surface area contributed by atoms with E-state index < -0.39 is 0 Å². The van der Waals surface area contributed by atoms with E-state index in [4.69, 9.17) is 10.2 Å². The average molecular weight is 457 g/mol. The van der Waals surface area contributed by atoms with Crippen LogP contribution in [0, 0.1) is 26.7 Å². The maximum Gasteiger partial charge on any atom is 0.174 e. The fraction of sp³-hybridized carbons (Fsp3) is 0.464. The van der Waals surface area contributed by atoms with Crippen molar-refractivity contribution in [3.8, 4) is 5.82 Å². The lowest BCUT2D eigenvalue weighted by Crippen LogP contribution is -2.34. The molecule has 0 radical (unpaired) electrons. The van der Waals surface area contributed by atoms with Gasteiger partial charge in [0.15, 0.2) is 11.5 Å². The molecule has 34 heavy (non-hydrogen) atoms. The van der Waals surface area contributed by atoms with E-state index in [9.17, 15) is 0 Å². The Kier molecular flexibility index (Phi) is 6.77. The second-order valence-electron chi connectivity index (χ2n) is 9.84. The minimum Gasteiger partial charge on any atom is -0.303 e. The number of fused-ring (bicyclic) bond motifs is 1. The largest absolute Gasteiger partial charge is 0.303 e. The summed E-state index contributed by atoms with van der Waals surface area (Å²) in [6.45, 7) is 9.97. The maximum atomic E-state index is 4.83. The van der Waals surface area contributed by atoms with Crippen molar-refractivity contribution in [3.63, 3.8) is 0 Å². The first-order valence-electron chi connectivity index (χ1n) is 12.7. The van der Waals surface area contributed by atoms with Gasteiger partial charge in [-0.1, -0.05) is 30.3 Å². The van der Waals surface area contributed by atoms with Crippen LogP contribution in [-0.2, 0) is 12.8 Å². The minimum atomic E-state index is 0.845. The van der Waals surface area contributed by atoms with Gasteiger partial charge in [-0.2, -0.15) is 5.10 Å². The van der Waals surface area contributed by atoms with Gasteiger partial charge in [0.2, 0.25) is 0 Å². The van der Waals surface area contributed by atoms with E-state index >= 15 is 0 Å². The van der Waals surface area contributed by atoms with Gasteiger partial charge in [0.05, 0.1) is 17.6 Å². The Bertz CT molecular complexity index is 1230. The first kappa shape index (κ1) is 22.8. The third kappa shape index (κ3) is 4.92. The molecular weight excluding hydrogens is 420 g/mol. The molecule has 0 saturated carbocycles. The molecule has 0 aliphatic carbocycles. The fourth-order valence-corrected chi connectivity index (χ4v) is 5.34. The van der Waals surface area contributed by atoms with Crippen molar-refractivity contribution >= 4 is 5.65 Å². The molecule has 0 amide bonds. The Morgan fingerprint density at radius 3 is 2.50 bits per heavy atom. The molecule has 3 aromatic heterocycles. The normalized spacial score (nSPS) is 15.4. The van der Waals surface area contributed by atoms with Crippen LogP contribution in [0.2, 0.25) is 0 Å². The predicted molar refractivity (Wildman–Crippen MR) is 137 cm³/mol. The molecule has 6 heteroatoms. The summed E-state index contributed by atoms with van der Waals surface area (Å²) in [5.41, 5.74) is 7.05. The van der Waals surface area contributed by atoms with Crippen molar-refractivity contribution in [2.24, 2.45) is 5.92 Å². The molecule has 1 aliphatic heterocycles. The molecule has 0 unspecified atom stereocenters. The van der Waals surface area contributed by atoms with Gasteiger partial charge >= 0.3 is 0 Å². The molecule has 0 N–H and O–H groups in total. The van der Waals surface area contributed by atoms with Crippen LogP contribution in [0.15, 0.2) is 48.7 Å². The zero-order valence-corrected chi connectivity index (χ0v) is 20.7. The quantitative estimate of drug-likeness (QED) is 0.369. The Morgan fingerprint density at radius 2 is 1.71 bits per heavy atom. The van der Waals surface area contributed by atoms with E-state index in [0.29, 0.717) is 0 Å². The van der Waals surface area contributed by atoms with Crippen LogP contribution in [0.5, 0.6) is 0 Å². The minimum absolute atomic E-state index is 0.845.